The van der Waals surface area contributed by atoms with E-state index in [0.717, 1.165) is 0 Å². The minimum absolute atomic E-state index is 0.505. The average molecular weight is 195 g/mol. The third kappa shape index (κ3) is 10.8. The zero-order valence-corrected chi connectivity index (χ0v) is 7.04. The molecule has 7 heteroatoms. The zero-order valence-electron chi connectivity index (χ0n) is 7.04. The Morgan fingerprint density at radius 2 is 1.62 bits per heavy atom. The van der Waals surface area contributed by atoms with Crippen LogP contribution in [0.4, 0.5) is 0 Å². The molecule has 0 aromatic rings. The number of carbonyl (C=O) groups is 2. The molecule has 0 heterocycles. The molecular formula is C6H13NO6. The smallest absolute Gasteiger partial charge is 0.332 e. The Hall–Kier alpha value is -1.18. The van der Waals surface area contributed by atoms with Crippen molar-refractivity contribution < 1.29 is 30.0 Å². The van der Waals surface area contributed by atoms with Crippen molar-refractivity contribution in [3.05, 3.63) is 0 Å². The summed E-state index contributed by atoms with van der Waals surface area (Å²) in [6.07, 6.45) is -1.23. The first-order chi connectivity index (χ1) is 5.82. The van der Waals surface area contributed by atoms with Crippen molar-refractivity contribution in [1.29, 1.82) is 0 Å². The summed E-state index contributed by atoms with van der Waals surface area (Å²) in [7, 11) is 0. The molecule has 2 atom stereocenters. The van der Waals surface area contributed by atoms with Gasteiger partial charge in [0, 0.05) is 0 Å². The Bertz CT molecular complexity index is 169. The van der Waals surface area contributed by atoms with E-state index in [9.17, 15) is 9.59 Å². The van der Waals surface area contributed by atoms with Gasteiger partial charge in [0.1, 0.15) is 12.1 Å². The summed E-state index contributed by atoms with van der Waals surface area (Å²) < 4.78 is 0. The minimum atomic E-state index is -1.23. The number of hydrogen-bond acceptors (Lipinski definition) is 5. The second kappa shape index (κ2) is 7.47. The van der Waals surface area contributed by atoms with E-state index in [1.807, 2.05) is 0 Å². The molecule has 0 aromatic carbocycles. The molecule has 0 aromatic heterocycles. The fourth-order valence-corrected chi connectivity index (χ4v) is 0.0781. The van der Waals surface area contributed by atoms with E-state index in [2.05, 4.69) is 0 Å². The molecule has 6 N–H and O–H groups in total. The number of nitrogens with two attached hydrogens (primary N) is 1. The normalized spacial score (nSPS) is 13.5. The van der Waals surface area contributed by atoms with E-state index >= 15 is 0 Å². The maximum atomic E-state index is 9.65. The highest BCUT2D eigenvalue weighted by Gasteiger charge is 2.07. The van der Waals surface area contributed by atoms with Gasteiger partial charge in [-0.25, -0.2) is 4.79 Å². The van der Waals surface area contributed by atoms with Crippen molar-refractivity contribution in [3.8, 4) is 0 Å². The summed E-state index contributed by atoms with van der Waals surface area (Å²) in [6.45, 7) is 0.692. The first kappa shape index (κ1) is 14.3. The molecule has 0 fully saturated rings. The lowest BCUT2D eigenvalue weighted by Gasteiger charge is -1.96. The van der Waals surface area contributed by atoms with Crippen LogP contribution in [0.1, 0.15) is 6.92 Å². The van der Waals surface area contributed by atoms with Crippen LogP contribution in [0.25, 0.3) is 0 Å². The Morgan fingerprint density at radius 1 is 1.31 bits per heavy atom. The molecule has 0 radical (unpaired) electrons. The lowest BCUT2D eigenvalue weighted by Crippen LogP contribution is -2.33. The number of aliphatic hydroxyl groups excluding tert-OH is 2. The van der Waals surface area contributed by atoms with E-state index in [1.54, 1.807) is 0 Å². The molecule has 0 amide bonds. The van der Waals surface area contributed by atoms with Crippen molar-refractivity contribution in [3.63, 3.8) is 0 Å². The molecule has 0 aliphatic rings. The predicted molar refractivity (Wildman–Crippen MR) is 42.0 cm³/mol. The number of rotatable bonds is 3. The Kier molecular flexibility index (Phi) is 8.24. The lowest BCUT2D eigenvalue weighted by atomic mass is 10.3. The van der Waals surface area contributed by atoms with E-state index in [4.69, 9.17) is 26.2 Å². The minimum Gasteiger partial charge on any atom is -0.480 e. The Labute approximate surface area is 74.4 Å². The van der Waals surface area contributed by atoms with E-state index in [1.165, 1.54) is 6.92 Å². The van der Waals surface area contributed by atoms with Crippen molar-refractivity contribution >= 4 is 11.9 Å². The fraction of sp³-hybridized carbons (Fsp3) is 0.667. The quantitative estimate of drug-likeness (QED) is 0.345. The van der Waals surface area contributed by atoms with Crippen LogP contribution >= 0.6 is 0 Å². The molecule has 0 rings (SSSR count). The topological polar surface area (TPSA) is 141 Å². The number of hydrogen-bond donors (Lipinski definition) is 5. The van der Waals surface area contributed by atoms with Crippen molar-refractivity contribution in [2.45, 2.75) is 19.1 Å². The first-order valence-corrected chi connectivity index (χ1v) is 3.33. The highest BCUT2D eigenvalue weighted by molar-refractivity contribution is 5.73. The predicted octanol–water partition coefficient (Wildman–Crippen LogP) is -2.16. The second-order valence-corrected chi connectivity index (χ2v) is 2.14. The van der Waals surface area contributed by atoms with Crippen LogP contribution in [0, 0.1) is 0 Å². The third-order valence-corrected chi connectivity index (χ3v) is 0.871. The molecule has 0 saturated heterocycles. The van der Waals surface area contributed by atoms with Gasteiger partial charge in [-0.15, -0.1) is 0 Å². The standard InChI is InChI=1S/C3H7NO3.C3H6O3/c4-2(1-5)3(6)7;1-2(4)3(5)6/h2,5H,1,4H2,(H,6,7);2,4H,1H3,(H,5,6)/t2-;/m1./s1. The molecular weight excluding hydrogens is 182 g/mol. The monoisotopic (exact) mass is 195 g/mol. The maximum absolute atomic E-state index is 9.65. The van der Waals surface area contributed by atoms with Crippen LogP contribution in [-0.4, -0.2) is 51.1 Å². The summed E-state index contributed by atoms with van der Waals surface area (Å²) in [4.78, 5) is 19.1. The van der Waals surface area contributed by atoms with Crippen molar-refractivity contribution in [2.75, 3.05) is 6.61 Å². The van der Waals surface area contributed by atoms with E-state index in [-0.39, 0.29) is 0 Å². The first-order valence-electron chi connectivity index (χ1n) is 3.33. The van der Waals surface area contributed by atoms with Crippen molar-refractivity contribution in [2.24, 2.45) is 5.73 Å². The van der Waals surface area contributed by atoms with Gasteiger partial charge in [0.25, 0.3) is 0 Å². The number of carboxylic acids is 2. The molecule has 0 aliphatic heterocycles. The average Bonchev–Trinajstić information content (AvgIpc) is 2.03. The van der Waals surface area contributed by atoms with Crippen LogP contribution in [-0.2, 0) is 9.59 Å². The van der Waals surface area contributed by atoms with Gasteiger partial charge in [-0.1, -0.05) is 0 Å². The molecule has 0 spiro atoms. The van der Waals surface area contributed by atoms with Gasteiger partial charge < -0.3 is 26.2 Å². The zero-order chi connectivity index (χ0) is 11.0. The summed E-state index contributed by atoms with van der Waals surface area (Å²) in [5, 5.41) is 31.7. The van der Waals surface area contributed by atoms with Crippen LogP contribution in [0.5, 0.6) is 0 Å². The van der Waals surface area contributed by atoms with Gasteiger partial charge in [0.05, 0.1) is 6.61 Å². The van der Waals surface area contributed by atoms with E-state index < -0.39 is 30.7 Å². The van der Waals surface area contributed by atoms with Crippen molar-refractivity contribution in [1.82, 2.24) is 0 Å². The molecule has 0 saturated carbocycles. The summed E-state index contributed by atoms with van der Waals surface area (Å²) in [5.41, 5.74) is 4.77. The Morgan fingerprint density at radius 3 is 1.62 bits per heavy atom. The fourth-order valence-electron chi connectivity index (χ4n) is 0.0781. The third-order valence-electron chi connectivity index (χ3n) is 0.871. The highest BCUT2D eigenvalue weighted by Crippen LogP contribution is 1.73. The number of aliphatic hydroxyl groups is 2. The van der Waals surface area contributed by atoms with Crippen LogP contribution in [0.3, 0.4) is 0 Å². The molecule has 7 nitrogen and oxygen atoms in total. The van der Waals surface area contributed by atoms with Crippen LogP contribution < -0.4 is 5.73 Å². The van der Waals surface area contributed by atoms with Crippen LogP contribution in [0.2, 0.25) is 0 Å². The summed E-state index contributed by atoms with van der Waals surface area (Å²) >= 11 is 0. The number of carboxylic acid groups (broad SMARTS) is 2. The SMILES string of the molecule is CC(O)C(=O)O.N[C@H](CO)C(=O)O. The molecule has 13 heavy (non-hydrogen) atoms. The second-order valence-electron chi connectivity index (χ2n) is 2.14. The summed E-state index contributed by atoms with van der Waals surface area (Å²) in [6, 6.07) is -1.13. The number of aliphatic carboxylic acids is 2. The van der Waals surface area contributed by atoms with Gasteiger partial charge in [0.2, 0.25) is 0 Å². The van der Waals surface area contributed by atoms with Gasteiger partial charge in [-0.3, -0.25) is 4.79 Å². The maximum Gasteiger partial charge on any atom is 0.332 e. The lowest BCUT2D eigenvalue weighted by molar-refractivity contribution is -0.145. The van der Waals surface area contributed by atoms with Gasteiger partial charge >= 0.3 is 11.9 Å². The van der Waals surface area contributed by atoms with Crippen LogP contribution in [0.15, 0.2) is 0 Å². The molecule has 1 unspecified atom stereocenters. The molecule has 78 valence electrons. The summed E-state index contributed by atoms with van der Waals surface area (Å²) in [5.74, 6) is -2.36. The Balaban J connectivity index is 0. The molecule has 0 aliphatic carbocycles. The highest BCUT2D eigenvalue weighted by atomic mass is 16.4. The van der Waals surface area contributed by atoms with Gasteiger partial charge in [-0.05, 0) is 6.92 Å². The van der Waals surface area contributed by atoms with Gasteiger partial charge in [-0.2, -0.15) is 0 Å². The van der Waals surface area contributed by atoms with Gasteiger partial charge in [0.15, 0.2) is 0 Å². The largest absolute Gasteiger partial charge is 0.480 e. The van der Waals surface area contributed by atoms with E-state index in [0.29, 0.717) is 0 Å². The molecule has 0 bridgehead atoms.